The summed E-state index contributed by atoms with van der Waals surface area (Å²) in [4.78, 5) is 48.5. The molecule has 0 aliphatic carbocycles. The molecule has 2 amide bonds. The summed E-state index contributed by atoms with van der Waals surface area (Å²) in [5.74, 6) is -2.43. The maximum absolute atomic E-state index is 13.1. The Hall–Kier alpha value is -3.95. The van der Waals surface area contributed by atoms with Gasteiger partial charge >= 0.3 is 0 Å². The number of aliphatic carboxylic acids is 1. The fourth-order valence-corrected chi connectivity index (χ4v) is 6.21. The van der Waals surface area contributed by atoms with Crippen LogP contribution in [0.5, 0.6) is 0 Å². The van der Waals surface area contributed by atoms with Crippen molar-refractivity contribution in [1.82, 2.24) is 19.6 Å². The lowest BCUT2D eigenvalue weighted by Crippen LogP contribution is -2.71. The number of anilines is 1. The lowest BCUT2D eigenvalue weighted by atomic mass is 10.0. The van der Waals surface area contributed by atoms with Crippen LogP contribution in [0.4, 0.5) is 5.13 Å². The Morgan fingerprint density at radius 2 is 2.24 bits per heavy atom. The second-order valence-corrected chi connectivity index (χ2v) is 10.4. The molecule has 0 aromatic carbocycles. The van der Waals surface area contributed by atoms with Crippen molar-refractivity contribution in [3.63, 3.8) is 0 Å². The molecule has 0 saturated carbocycles. The predicted molar refractivity (Wildman–Crippen MR) is 135 cm³/mol. The Balaban J connectivity index is 1.36. The van der Waals surface area contributed by atoms with Crippen molar-refractivity contribution in [3.05, 3.63) is 58.8 Å². The second-order valence-electron chi connectivity index (χ2n) is 8.42. The summed E-state index contributed by atoms with van der Waals surface area (Å²) in [6.07, 6.45) is 7.19. The van der Waals surface area contributed by atoms with E-state index in [1.165, 1.54) is 11.8 Å². The van der Waals surface area contributed by atoms with E-state index >= 15 is 0 Å². The highest BCUT2D eigenvalue weighted by Crippen LogP contribution is 2.40. The summed E-state index contributed by atoms with van der Waals surface area (Å²) in [5.41, 5.74) is 7.55. The number of oxime groups is 1. The van der Waals surface area contributed by atoms with Crippen molar-refractivity contribution in [2.24, 2.45) is 5.16 Å². The number of carboxylic acids is 1. The van der Waals surface area contributed by atoms with Crippen molar-refractivity contribution in [2.45, 2.75) is 31.5 Å². The number of carbonyl (C=O) groups excluding carboxylic acids is 3. The zero-order chi connectivity index (χ0) is 27.0. The van der Waals surface area contributed by atoms with Crippen LogP contribution < -0.4 is 20.7 Å². The summed E-state index contributed by atoms with van der Waals surface area (Å²) in [6.45, 7) is 1.98. The number of β-lactam (4-membered cyclic amide) rings is 1. The minimum absolute atomic E-state index is 0.132. The number of fused-ring (bicyclic) bond motifs is 2. The molecule has 1 saturated heterocycles. The fourth-order valence-electron chi connectivity index (χ4n) is 4.32. The molecule has 5 rings (SSSR count). The van der Waals surface area contributed by atoms with Gasteiger partial charge in [-0.2, -0.15) is 4.57 Å². The second kappa shape index (κ2) is 10.4. The van der Waals surface area contributed by atoms with Crippen LogP contribution in [0.25, 0.3) is 5.52 Å². The maximum atomic E-state index is 13.1. The Kier molecular flexibility index (Phi) is 7.05. The zero-order valence-electron chi connectivity index (χ0n) is 20.1. The molecule has 2 atom stereocenters. The zero-order valence-corrected chi connectivity index (χ0v) is 21.7. The van der Waals surface area contributed by atoms with Gasteiger partial charge in [0.1, 0.15) is 29.2 Å². The summed E-state index contributed by atoms with van der Waals surface area (Å²) in [6, 6.07) is 0.830. The highest BCUT2D eigenvalue weighted by atomic mass is 32.2. The van der Waals surface area contributed by atoms with Gasteiger partial charge in [-0.1, -0.05) is 5.16 Å². The van der Waals surface area contributed by atoms with Crippen LogP contribution in [0.3, 0.4) is 0 Å². The van der Waals surface area contributed by atoms with Gasteiger partial charge in [0.15, 0.2) is 29.8 Å². The average Bonchev–Trinajstić information content (AvgIpc) is 3.52. The van der Waals surface area contributed by atoms with Crippen molar-refractivity contribution < 1.29 is 34.0 Å². The third-order valence-electron chi connectivity index (χ3n) is 6.09. The van der Waals surface area contributed by atoms with Gasteiger partial charge in [-0.05, 0) is 13.0 Å². The molecule has 2 aliphatic rings. The number of carbonyl (C=O) groups is 3. The number of nitrogens with zero attached hydrogens (tertiary/aromatic N) is 5. The summed E-state index contributed by atoms with van der Waals surface area (Å²) in [5, 5.41) is 29.3. The number of nitrogen functional groups attached to an aromatic ring is 1. The van der Waals surface area contributed by atoms with E-state index in [1.807, 2.05) is 10.6 Å². The predicted octanol–water partition coefficient (Wildman–Crippen LogP) is -1.40. The SMILES string of the molecule is CCO/N=C(\C(=O)N[C@@H]1C(=O)N2C(C(=O)[O-])=C(C[n+]3ccn4ccc(CO)c4c3)CS[C@H]12)c1csc(N)n1. The number of nitrogens with two attached hydrogens (primary N) is 1. The first-order chi connectivity index (χ1) is 18.3. The van der Waals surface area contributed by atoms with Gasteiger partial charge in [-0.3, -0.25) is 14.5 Å². The van der Waals surface area contributed by atoms with Crippen LogP contribution in [0.1, 0.15) is 18.2 Å². The minimum atomic E-state index is -1.47. The molecular formula is C23H23N7O6S2. The van der Waals surface area contributed by atoms with E-state index in [2.05, 4.69) is 15.5 Å². The third-order valence-corrected chi connectivity index (χ3v) is 8.10. The molecule has 0 spiro atoms. The first kappa shape index (κ1) is 25.7. The Labute approximate surface area is 224 Å². The number of carboxylic acid groups (broad SMARTS) is 1. The molecule has 3 aromatic heterocycles. The maximum Gasteiger partial charge on any atom is 0.276 e. The van der Waals surface area contributed by atoms with Gasteiger partial charge in [0.25, 0.3) is 11.8 Å². The molecule has 0 unspecified atom stereocenters. The minimum Gasteiger partial charge on any atom is -0.543 e. The van der Waals surface area contributed by atoms with Gasteiger partial charge < -0.3 is 35.3 Å². The Morgan fingerprint density at radius 1 is 1.42 bits per heavy atom. The topological polar surface area (TPSA) is 179 Å². The molecular weight excluding hydrogens is 534 g/mol. The van der Waals surface area contributed by atoms with Crippen molar-refractivity contribution >= 4 is 57.2 Å². The standard InChI is InChI=1S/C23H23N7O6S2/c1-2-36-27-16(14-11-38-23(24)25-14)19(32)26-17-20(33)30-18(22(34)35)13(10-37-21(17)30)7-28-5-6-29-4-3-12(9-31)15(29)8-28/h3-6,8,11,17,21,31H,2,7,9-10H2,1H3,(H3-,24,25,26,32,34,35)/b27-16-/t17-,21-/m1/s1. The van der Waals surface area contributed by atoms with Crippen molar-refractivity contribution in [3.8, 4) is 0 Å². The first-order valence-electron chi connectivity index (χ1n) is 11.5. The fraction of sp³-hybridized carbons (Fsp3) is 0.304. The number of aromatic nitrogens is 3. The number of hydrogen-bond donors (Lipinski definition) is 3. The van der Waals surface area contributed by atoms with Crippen molar-refractivity contribution in [1.29, 1.82) is 0 Å². The highest BCUT2D eigenvalue weighted by molar-refractivity contribution is 8.00. The molecule has 2 aliphatic heterocycles. The van der Waals surface area contributed by atoms with Gasteiger partial charge in [0.05, 0.1) is 24.5 Å². The number of nitrogens with one attached hydrogen (secondary N) is 1. The van der Waals surface area contributed by atoms with E-state index < -0.39 is 29.2 Å². The Morgan fingerprint density at radius 3 is 2.92 bits per heavy atom. The largest absolute Gasteiger partial charge is 0.543 e. The monoisotopic (exact) mass is 557 g/mol. The van der Waals surface area contributed by atoms with Crippen LogP contribution in [0.15, 0.2) is 52.7 Å². The molecule has 5 heterocycles. The summed E-state index contributed by atoms with van der Waals surface area (Å²) >= 11 is 2.46. The highest BCUT2D eigenvalue weighted by Gasteiger charge is 2.53. The van der Waals surface area contributed by atoms with Crippen LogP contribution in [0.2, 0.25) is 0 Å². The van der Waals surface area contributed by atoms with Crippen LogP contribution in [0, 0.1) is 0 Å². The summed E-state index contributed by atoms with van der Waals surface area (Å²) < 4.78 is 3.63. The van der Waals surface area contributed by atoms with Crippen LogP contribution in [-0.2, 0) is 32.4 Å². The van der Waals surface area contributed by atoms with Gasteiger partial charge in [-0.25, -0.2) is 4.98 Å². The van der Waals surface area contributed by atoms with E-state index in [0.717, 1.165) is 27.3 Å². The van der Waals surface area contributed by atoms with E-state index in [1.54, 1.807) is 41.5 Å². The molecule has 3 aromatic rings. The van der Waals surface area contributed by atoms with Gasteiger partial charge in [0, 0.05) is 28.5 Å². The molecule has 4 N–H and O–H groups in total. The lowest BCUT2D eigenvalue weighted by molar-refractivity contribution is -0.688. The third kappa shape index (κ3) is 4.59. The smallest absolute Gasteiger partial charge is 0.276 e. The molecule has 0 radical (unpaired) electrons. The van der Waals surface area contributed by atoms with Crippen molar-refractivity contribution in [2.75, 3.05) is 18.1 Å². The number of thioether (sulfide) groups is 1. The number of hydrogen-bond acceptors (Lipinski definition) is 11. The molecule has 13 nitrogen and oxygen atoms in total. The van der Waals surface area contributed by atoms with Gasteiger partial charge in [-0.15, -0.1) is 23.1 Å². The molecule has 198 valence electrons. The Bertz CT molecular complexity index is 1500. The van der Waals surface area contributed by atoms with E-state index in [-0.39, 0.29) is 42.0 Å². The number of thiazole rings is 1. The molecule has 1 fully saturated rings. The molecule has 15 heteroatoms. The quantitative estimate of drug-likeness (QED) is 0.124. The molecule has 0 bridgehead atoms. The first-order valence-corrected chi connectivity index (χ1v) is 13.4. The lowest BCUT2D eigenvalue weighted by Gasteiger charge is -2.50. The van der Waals surface area contributed by atoms with Crippen LogP contribution in [-0.4, -0.2) is 66.7 Å². The molecule has 38 heavy (non-hydrogen) atoms. The average molecular weight is 558 g/mol. The van der Waals surface area contributed by atoms with E-state index in [9.17, 15) is 24.6 Å². The number of amides is 2. The normalized spacial score (nSPS) is 19.4. The number of aliphatic hydroxyl groups excluding tert-OH is 1. The number of rotatable bonds is 9. The van der Waals surface area contributed by atoms with E-state index in [4.69, 9.17) is 10.6 Å². The van der Waals surface area contributed by atoms with Gasteiger partial charge in [0.2, 0.25) is 0 Å². The number of aliphatic hydroxyl groups is 1. The van der Waals surface area contributed by atoms with E-state index in [0.29, 0.717) is 11.3 Å². The van der Waals surface area contributed by atoms with Crippen LogP contribution >= 0.6 is 23.1 Å². The summed E-state index contributed by atoms with van der Waals surface area (Å²) in [7, 11) is 0.